The first-order valence-electron chi connectivity index (χ1n) is 7.87. The fourth-order valence-corrected chi connectivity index (χ4v) is 3.27. The molecule has 0 aromatic carbocycles. The zero-order chi connectivity index (χ0) is 13.8. The Labute approximate surface area is 114 Å². The molecule has 1 atom stereocenters. The highest BCUT2D eigenvalue weighted by Gasteiger charge is 2.39. The Morgan fingerprint density at radius 1 is 1.28 bits per heavy atom. The summed E-state index contributed by atoms with van der Waals surface area (Å²) in [6.07, 6.45) is 7.64. The van der Waals surface area contributed by atoms with Gasteiger partial charge < -0.3 is 11.1 Å². The zero-order valence-electron chi connectivity index (χ0n) is 13.2. The van der Waals surface area contributed by atoms with Gasteiger partial charge in [-0.15, -0.1) is 0 Å². The van der Waals surface area contributed by atoms with Crippen LogP contribution in [0.2, 0.25) is 0 Å². The summed E-state index contributed by atoms with van der Waals surface area (Å²) in [7, 11) is 0. The highest BCUT2D eigenvalue weighted by Crippen LogP contribution is 2.43. The van der Waals surface area contributed by atoms with Gasteiger partial charge in [0.2, 0.25) is 0 Å². The van der Waals surface area contributed by atoms with E-state index in [0.717, 1.165) is 12.5 Å². The van der Waals surface area contributed by atoms with Gasteiger partial charge >= 0.3 is 0 Å². The predicted octanol–water partition coefficient (Wildman–Crippen LogP) is 3.70. The summed E-state index contributed by atoms with van der Waals surface area (Å²) in [5, 5.41) is 3.80. The minimum absolute atomic E-state index is 0.218. The molecule has 1 rings (SSSR count). The molecule has 1 fully saturated rings. The van der Waals surface area contributed by atoms with Crippen molar-refractivity contribution in [1.29, 1.82) is 0 Å². The van der Waals surface area contributed by atoms with E-state index in [-0.39, 0.29) is 5.54 Å². The first kappa shape index (κ1) is 16.0. The topological polar surface area (TPSA) is 38.0 Å². The summed E-state index contributed by atoms with van der Waals surface area (Å²) < 4.78 is 0. The molecule has 1 unspecified atom stereocenters. The van der Waals surface area contributed by atoms with Crippen molar-refractivity contribution in [3.05, 3.63) is 0 Å². The maximum absolute atomic E-state index is 6.07. The molecular formula is C16H34N2. The minimum atomic E-state index is 0.218. The van der Waals surface area contributed by atoms with Crippen LogP contribution in [0.4, 0.5) is 0 Å². The largest absolute Gasteiger partial charge is 0.329 e. The molecule has 0 radical (unpaired) electrons. The maximum Gasteiger partial charge on any atom is 0.0306 e. The molecule has 1 saturated carbocycles. The molecule has 1 aliphatic rings. The summed E-state index contributed by atoms with van der Waals surface area (Å²) in [5.41, 5.74) is 6.78. The number of nitrogens with two attached hydrogens (primary N) is 1. The quantitative estimate of drug-likeness (QED) is 0.758. The molecule has 0 amide bonds. The van der Waals surface area contributed by atoms with Crippen LogP contribution in [0.25, 0.3) is 0 Å². The molecule has 0 aromatic heterocycles. The Kier molecular flexibility index (Phi) is 5.67. The summed E-state index contributed by atoms with van der Waals surface area (Å²) in [4.78, 5) is 0. The van der Waals surface area contributed by atoms with Crippen LogP contribution in [0.3, 0.4) is 0 Å². The zero-order valence-corrected chi connectivity index (χ0v) is 13.2. The van der Waals surface area contributed by atoms with Gasteiger partial charge in [0.1, 0.15) is 0 Å². The van der Waals surface area contributed by atoms with Gasteiger partial charge in [-0.05, 0) is 50.4 Å². The summed E-state index contributed by atoms with van der Waals surface area (Å²) in [6, 6.07) is 0.587. The molecule has 0 spiro atoms. The van der Waals surface area contributed by atoms with Crippen LogP contribution in [-0.4, -0.2) is 18.1 Å². The van der Waals surface area contributed by atoms with Crippen LogP contribution in [-0.2, 0) is 0 Å². The molecule has 108 valence electrons. The van der Waals surface area contributed by atoms with E-state index < -0.39 is 0 Å². The van der Waals surface area contributed by atoms with Crippen LogP contribution in [0, 0.1) is 11.3 Å². The lowest BCUT2D eigenvalue weighted by Crippen LogP contribution is -2.56. The van der Waals surface area contributed by atoms with Gasteiger partial charge in [0.05, 0.1) is 0 Å². The molecule has 0 saturated heterocycles. The van der Waals surface area contributed by atoms with Crippen molar-refractivity contribution in [2.45, 2.75) is 84.7 Å². The van der Waals surface area contributed by atoms with Gasteiger partial charge in [0, 0.05) is 18.1 Å². The second-order valence-corrected chi connectivity index (χ2v) is 7.05. The fourth-order valence-electron chi connectivity index (χ4n) is 3.27. The van der Waals surface area contributed by atoms with Gasteiger partial charge in [0.25, 0.3) is 0 Å². The average molecular weight is 254 g/mol. The first-order valence-corrected chi connectivity index (χ1v) is 7.87. The van der Waals surface area contributed by atoms with Gasteiger partial charge in [0.15, 0.2) is 0 Å². The Morgan fingerprint density at radius 3 is 2.22 bits per heavy atom. The molecule has 2 nitrogen and oxygen atoms in total. The Morgan fingerprint density at radius 2 is 1.83 bits per heavy atom. The second-order valence-electron chi connectivity index (χ2n) is 7.05. The molecule has 18 heavy (non-hydrogen) atoms. The number of hydrogen-bond donors (Lipinski definition) is 2. The molecular weight excluding hydrogens is 220 g/mol. The van der Waals surface area contributed by atoms with E-state index in [4.69, 9.17) is 5.73 Å². The van der Waals surface area contributed by atoms with E-state index in [2.05, 4.69) is 39.9 Å². The van der Waals surface area contributed by atoms with E-state index in [1.54, 1.807) is 0 Å². The van der Waals surface area contributed by atoms with Crippen molar-refractivity contribution in [3.63, 3.8) is 0 Å². The van der Waals surface area contributed by atoms with E-state index in [0.29, 0.717) is 11.5 Å². The van der Waals surface area contributed by atoms with Crippen molar-refractivity contribution >= 4 is 0 Å². The van der Waals surface area contributed by atoms with Gasteiger partial charge in [-0.25, -0.2) is 0 Å². The first-order chi connectivity index (χ1) is 8.39. The van der Waals surface area contributed by atoms with Gasteiger partial charge in [-0.1, -0.05) is 34.1 Å². The van der Waals surface area contributed by atoms with Crippen LogP contribution in [0.15, 0.2) is 0 Å². The standard InChI is InChI=1S/C16H34N2/c1-6-13(3)18-16(12-17)10-8-14(9-11-16)15(4,5)7-2/h13-14,18H,6-12,17H2,1-5H3. The van der Waals surface area contributed by atoms with Crippen molar-refractivity contribution in [2.24, 2.45) is 17.1 Å². The van der Waals surface area contributed by atoms with Gasteiger partial charge in [-0.2, -0.15) is 0 Å². The van der Waals surface area contributed by atoms with E-state index in [1.807, 2.05) is 0 Å². The van der Waals surface area contributed by atoms with Crippen molar-refractivity contribution < 1.29 is 0 Å². The van der Waals surface area contributed by atoms with Crippen molar-refractivity contribution in [3.8, 4) is 0 Å². The SMILES string of the molecule is CCC(C)NC1(CN)CCC(C(C)(C)CC)CC1. The Balaban J connectivity index is 2.59. The minimum Gasteiger partial charge on any atom is -0.329 e. The van der Waals surface area contributed by atoms with Gasteiger partial charge in [-0.3, -0.25) is 0 Å². The lowest BCUT2D eigenvalue weighted by Gasteiger charge is -2.46. The number of hydrogen-bond acceptors (Lipinski definition) is 2. The molecule has 3 N–H and O–H groups in total. The van der Waals surface area contributed by atoms with Crippen molar-refractivity contribution in [2.75, 3.05) is 6.54 Å². The lowest BCUT2D eigenvalue weighted by atomic mass is 9.65. The molecule has 1 aliphatic carbocycles. The second kappa shape index (κ2) is 6.38. The van der Waals surface area contributed by atoms with Crippen LogP contribution < -0.4 is 11.1 Å². The van der Waals surface area contributed by atoms with Crippen molar-refractivity contribution in [1.82, 2.24) is 5.32 Å². The lowest BCUT2D eigenvalue weighted by molar-refractivity contribution is 0.0963. The maximum atomic E-state index is 6.07. The Hall–Kier alpha value is -0.0800. The summed E-state index contributed by atoms with van der Waals surface area (Å²) in [6.45, 7) is 12.5. The van der Waals surface area contributed by atoms with E-state index in [1.165, 1.54) is 38.5 Å². The molecule has 2 heteroatoms. The highest BCUT2D eigenvalue weighted by molar-refractivity contribution is 4.97. The average Bonchev–Trinajstić information content (AvgIpc) is 2.39. The molecule has 0 aliphatic heterocycles. The molecule has 0 heterocycles. The molecule has 0 bridgehead atoms. The third-order valence-corrected chi connectivity index (χ3v) is 5.51. The third kappa shape index (κ3) is 3.71. The Bertz CT molecular complexity index is 239. The monoisotopic (exact) mass is 254 g/mol. The fraction of sp³-hybridized carbons (Fsp3) is 1.00. The predicted molar refractivity (Wildman–Crippen MR) is 80.7 cm³/mol. The summed E-state index contributed by atoms with van der Waals surface area (Å²) >= 11 is 0. The van der Waals surface area contributed by atoms with Crippen LogP contribution in [0.5, 0.6) is 0 Å². The number of nitrogens with one attached hydrogen (secondary N) is 1. The highest BCUT2D eigenvalue weighted by atomic mass is 15.0. The summed E-state index contributed by atoms with van der Waals surface area (Å²) in [5.74, 6) is 0.876. The van der Waals surface area contributed by atoms with E-state index >= 15 is 0 Å². The third-order valence-electron chi connectivity index (χ3n) is 5.51. The van der Waals surface area contributed by atoms with Crippen LogP contribution >= 0.6 is 0 Å². The normalized spacial score (nSPS) is 31.3. The smallest absolute Gasteiger partial charge is 0.0306 e. The van der Waals surface area contributed by atoms with Crippen LogP contribution in [0.1, 0.15) is 73.1 Å². The number of rotatable bonds is 6. The molecule has 0 aromatic rings. The van der Waals surface area contributed by atoms with E-state index in [9.17, 15) is 0 Å².